The Morgan fingerprint density at radius 3 is 2.57 bits per heavy atom. The molecule has 3 aromatic rings. The molecule has 0 saturated heterocycles. The molecule has 1 unspecified atom stereocenters. The van der Waals surface area contributed by atoms with Gasteiger partial charge in [0.25, 0.3) is 5.56 Å². The molecule has 0 aliphatic heterocycles. The molecule has 0 bridgehead atoms. The first kappa shape index (κ1) is 22.4. The number of methoxy groups -OCH3 is 3. The van der Waals surface area contributed by atoms with Gasteiger partial charge in [0.1, 0.15) is 24.4 Å². The third-order valence-electron chi connectivity index (χ3n) is 4.22. The second-order valence-electron chi connectivity index (χ2n) is 6.23. The lowest BCUT2D eigenvalue weighted by molar-refractivity contribution is -0.0794. The number of thiazole rings is 1. The molecular weight excluding hydrogens is 440 g/mol. The molecule has 0 aliphatic rings. The molecular formula is C18H19F2N3O5S2. The van der Waals surface area contributed by atoms with Crippen LogP contribution in [-0.4, -0.2) is 53.3 Å². The Kier molecular flexibility index (Phi) is 6.60. The van der Waals surface area contributed by atoms with E-state index in [4.69, 9.17) is 9.47 Å². The van der Waals surface area contributed by atoms with Crippen molar-refractivity contribution in [2.45, 2.75) is 16.8 Å². The quantitative estimate of drug-likeness (QED) is 0.477. The number of rotatable bonds is 8. The molecule has 0 aliphatic carbocycles. The summed E-state index contributed by atoms with van der Waals surface area (Å²) in [6.07, 6.45) is 1.39. The third-order valence-corrected chi connectivity index (χ3v) is 6.50. The summed E-state index contributed by atoms with van der Waals surface area (Å²) < 4.78 is 57.5. The molecule has 8 nitrogen and oxygen atoms in total. The highest BCUT2D eigenvalue weighted by Gasteiger charge is 2.38. The summed E-state index contributed by atoms with van der Waals surface area (Å²) in [4.78, 5) is 21.1. The van der Waals surface area contributed by atoms with E-state index in [0.717, 1.165) is 23.0 Å². The van der Waals surface area contributed by atoms with Crippen molar-refractivity contribution < 1.29 is 27.5 Å². The lowest BCUT2D eigenvalue weighted by Gasteiger charge is -2.20. The molecule has 3 rings (SSSR count). The number of hydrogen-bond donors (Lipinski definition) is 0. The molecule has 0 saturated carbocycles. The molecule has 2 aromatic heterocycles. The van der Waals surface area contributed by atoms with Crippen LogP contribution in [-0.2, 0) is 28.4 Å². The van der Waals surface area contributed by atoms with Gasteiger partial charge in [-0.15, -0.1) is 0 Å². The van der Waals surface area contributed by atoms with Crippen LogP contribution in [0.15, 0.2) is 27.3 Å². The van der Waals surface area contributed by atoms with Gasteiger partial charge in [-0.2, -0.15) is 13.8 Å². The lowest BCUT2D eigenvalue weighted by Crippen LogP contribution is -2.34. The Bertz CT molecular complexity index is 1120. The van der Waals surface area contributed by atoms with E-state index in [0.29, 0.717) is 17.1 Å². The highest BCUT2D eigenvalue weighted by Crippen LogP contribution is 2.31. The topological polar surface area (TPSA) is 98.5 Å². The Morgan fingerprint density at radius 2 is 1.97 bits per heavy atom. The number of ether oxygens (including phenoxy) is 3. The predicted molar refractivity (Wildman–Crippen MR) is 108 cm³/mol. The Balaban J connectivity index is 2.23. The fourth-order valence-corrected chi connectivity index (χ4v) is 4.43. The van der Waals surface area contributed by atoms with Crippen molar-refractivity contribution in [3.8, 4) is 11.5 Å². The average molecular weight is 459 g/mol. The van der Waals surface area contributed by atoms with Gasteiger partial charge in [0, 0.05) is 29.9 Å². The molecule has 30 heavy (non-hydrogen) atoms. The van der Waals surface area contributed by atoms with Crippen molar-refractivity contribution in [2.75, 3.05) is 34.2 Å². The van der Waals surface area contributed by atoms with Crippen LogP contribution in [0, 0.1) is 0 Å². The van der Waals surface area contributed by atoms with E-state index < -0.39 is 35.1 Å². The van der Waals surface area contributed by atoms with Crippen LogP contribution in [0.25, 0.3) is 10.3 Å². The highest BCUT2D eigenvalue weighted by atomic mass is 32.2. The molecule has 1 atom stereocenters. The van der Waals surface area contributed by atoms with Gasteiger partial charge in [-0.05, 0) is 23.5 Å². The summed E-state index contributed by atoms with van der Waals surface area (Å²) in [5.74, 6) is -3.44. The lowest BCUT2D eigenvalue weighted by atomic mass is 10.1. The van der Waals surface area contributed by atoms with Crippen molar-refractivity contribution in [3.63, 3.8) is 0 Å². The molecule has 1 aromatic carbocycles. The molecule has 0 fully saturated rings. The smallest absolute Gasteiger partial charge is 0.327 e. The van der Waals surface area contributed by atoms with Crippen LogP contribution in [0.2, 0.25) is 0 Å². The van der Waals surface area contributed by atoms with Gasteiger partial charge in [-0.1, -0.05) is 0 Å². The average Bonchev–Trinajstić information content (AvgIpc) is 3.15. The van der Waals surface area contributed by atoms with Gasteiger partial charge in [-0.25, -0.2) is 4.98 Å². The summed E-state index contributed by atoms with van der Waals surface area (Å²) in [5, 5.41) is 0. The Hall–Kier alpha value is -2.28. The first-order valence-corrected chi connectivity index (χ1v) is 10.9. The third kappa shape index (κ3) is 4.26. The van der Waals surface area contributed by atoms with Crippen LogP contribution in [0.5, 0.6) is 11.5 Å². The van der Waals surface area contributed by atoms with E-state index in [-0.39, 0.29) is 21.2 Å². The van der Waals surface area contributed by atoms with Gasteiger partial charge in [0.15, 0.2) is 16.2 Å². The van der Waals surface area contributed by atoms with Crippen molar-refractivity contribution in [2.24, 2.45) is 0 Å². The first-order valence-electron chi connectivity index (χ1n) is 8.54. The van der Waals surface area contributed by atoms with Crippen LogP contribution < -0.4 is 15.0 Å². The summed E-state index contributed by atoms with van der Waals surface area (Å²) >= 11 is -0.637. The van der Waals surface area contributed by atoms with Crippen LogP contribution in [0.3, 0.4) is 0 Å². The van der Waals surface area contributed by atoms with E-state index in [9.17, 15) is 18.1 Å². The number of halogens is 2. The number of alkyl halides is 2. The SMILES string of the molecule is COCC(F)(F)c1nc2sc([S+](C)[O-])nc2c(=O)n1Cc1ccc(OC)cc1OC. The number of fused-ring (bicyclic) bond motifs is 1. The maximum Gasteiger partial charge on any atom is 0.327 e. The van der Waals surface area contributed by atoms with Gasteiger partial charge in [-0.3, -0.25) is 9.36 Å². The van der Waals surface area contributed by atoms with Crippen LogP contribution in [0.1, 0.15) is 11.4 Å². The molecule has 0 amide bonds. The Morgan fingerprint density at radius 1 is 1.23 bits per heavy atom. The van der Waals surface area contributed by atoms with Crippen molar-refractivity contribution in [3.05, 3.63) is 39.9 Å². The fraction of sp³-hybridized carbons (Fsp3) is 0.389. The zero-order valence-electron chi connectivity index (χ0n) is 16.6. The number of aromatic nitrogens is 3. The molecule has 0 spiro atoms. The molecule has 0 N–H and O–H groups in total. The van der Waals surface area contributed by atoms with Gasteiger partial charge < -0.3 is 18.8 Å². The minimum absolute atomic E-state index is 0.00563. The van der Waals surface area contributed by atoms with E-state index in [1.165, 1.54) is 20.5 Å². The molecule has 162 valence electrons. The normalized spacial score (nSPS) is 12.9. The number of hydrogen-bond acceptors (Lipinski definition) is 8. The summed E-state index contributed by atoms with van der Waals surface area (Å²) in [6, 6.07) is 4.82. The largest absolute Gasteiger partial charge is 0.610 e. The zero-order chi connectivity index (χ0) is 22.1. The minimum Gasteiger partial charge on any atom is -0.610 e. The van der Waals surface area contributed by atoms with Gasteiger partial charge in [0.2, 0.25) is 0 Å². The standard InChI is InChI=1S/C18H19F2N3O5S2/c1-26-9-18(19,20)16-22-14-13(21-17(29-14)30(4)25)15(24)23(16)8-10-5-6-11(27-2)7-12(10)28-3/h5-7H,8-9H2,1-4H3. The van der Waals surface area contributed by atoms with Crippen LogP contribution >= 0.6 is 11.3 Å². The van der Waals surface area contributed by atoms with E-state index in [1.54, 1.807) is 18.2 Å². The van der Waals surface area contributed by atoms with Crippen molar-refractivity contribution >= 4 is 32.9 Å². The van der Waals surface area contributed by atoms with Crippen molar-refractivity contribution in [1.82, 2.24) is 14.5 Å². The fourth-order valence-electron chi connectivity index (χ4n) is 2.84. The van der Waals surface area contributed by atoms with Gasteiger partial charge in [0.05, 0.1) is 20.8 Å². The second-order valence-corrected chi connectivity index (χ2v) is 8.76. The van der Waals surface area contributed by atoms with E-state index in [1.807, 2.05) is 0 Å². The zero-order valence-corrected chi connectivity index (χ0v) is 18.2. The molecule has 2 heterocycles. The number of nitrogens with zero attached hydrogens (tertiary/aromatic N) is 3. The summed E-state index contributed by atoms with van der Waals surface area (Å²) in [5.41, 5.74) is -0.420. The highest BCUT2D eigenvalue weighted by molar-refractivity contribution is 7.92. The van der Waals surface area contributed by atoms with E-state index >= 15 is 0 Å². The Labute approximate surface area is 177 Å². The predicted octanol–water partition coefficient (Wildman–Crippen LogP) is 2.39. The van der Waals surface area contributed by atoms with Gasteiger partial charge >= 0.3 is 10.3 Å². The first-order chi connectivity index (χ1) is 14.2. The second kappa shape index (κ2) is 8.84. The summed E-state index contributed by atoms with van der Waals surface area (Å²) in [6.45, 7) is -1.21. The van der Waals surface area contributed by atoms with Crippen molar-refractivity contribution in [1.29, 1.82) is 0 Å². The number of benzene rings is 1. The maximum absolute atomic E-state index is 14.8. The maximum atomic E-state index is 14.8. The molecule has 12 heteroatoms. The minimum atomic E-state index is -3.54. The monoisotopic (exact) mass is 459 g/mol. The van der Waals surface area contributed by atoms with Crippen LogP contribution in [0.4, 0.5) is 8.78 Å². The molecule has 0 radical (unpaired) electrons. The van der Waals surface area contributed by atoms with E-state index in [2.05, 4.69) is 14.7 Å². The summed E-state index contributed by atoms with van der Waals surface area (Å²) in [7, 11) is 4.04.